The van der Waals surface area contributed by atoms with Crippen molar-refractivity contribution in [2.24, 2.45) is 0 Å². The van der Waals surface area contributed by atoms with Crippen molar-refractivity contribution in [1.82, 2.24) is 15.2 Å². The van der Waals surface area contributed by atoms with Gasteiger partial charge in [0.05, 0.1) is 0 Å². The van der Waals surface area contributed by atoms with Crippen LogP contribution in [0.4, 0.5) is 10.2 Å². The van der Waals surface area contributed by atoms with Gasteiger partial charge in [-0.1, -0.05) is 30.3 Å². The molecule has 132 valence electrons. The van der Waals surface area contributed by atoms with E-state index < -0.39 is 0 Å². The van der Waals surface area contributed by atoms with Gasteiger partial charge in [0.25, 0.3) is 0 Å². The summed E-state index contributed by atoms with van der Waals surface area (Å²) in [6.45, 7) is 5.05. The summed E-state index contributed by atoms with van der Waals surface area (Å²) in [6.07, 6.45) is 4.16. The molecule has 1 aliphatic carbocycles. The number of anilines is 1. The molecule has 0 spiro atoms. The number of nitrogens with one attached hydrogen (secondary N) is 1. The van der Waals surface area contributed by atoms with Crippen LogP contribution < -0.4 is 10.2 Å². The van der Waals surface area contributed by atoms with Crippen molar-refractivity contribution in [3.63, 3.8) is 0 Å². The molecule has 1 aliphatic heterocycles. The highest BCUT2D eigenvalue weighted by Gasteiger charge is 2.24. The fourth-order valence-corrected chi connectivity index (χ4v) is 3.33. The van der Waals surface area contributed by atoms with Crippen LogP contribution in [0.5, 0.6) is 0 Å². The Morgan fingerprint density at radius 3 is 2.52 bits per heavy atom. The molecular weight excluding hydrogens is 315 g/mol. The lowest BCUT2D eigenvalue weighted by atomic mass is 10.2. The number of pyridine rings is 1. The number of benzene rings is 1. The van der Waals surface area contributed by atoms with E-state index in [9.17, 15) is 4.39 Å². The zero-order valence-corrected chi connectivity index (χ0v) is 14.5. The molecule has 1 saturated heterocycles. The van der Waals surface area contributed by atoms with Gasteiger partial charge in [0.1, 0.15) is 0 Å². The molecular formula is C20H25FN4. The van der Waals surface area contributed by atoms with Crippen molar-refractivity contribution >= 4 is 5.82 Å². The van der Waals surface area contributed by atoms with Gasteiger partial charge in [-0.05, 0) is 24.5 Å². The third-order valence-corrected chi connectivity index (χ3v) is 5.03. The summed E-state index contributed by atoms with van der Waals surface area (Å²) in [5.74, 6) is 0.349. The van der Waals surface area contributed by atoms with E-state index in [1.54, 1.807) is 12.3 Å². The third-order valence-electron chi connectivity index (χ3n) is 5.03. The molecule has 5 heteroatoms. The molecule has 0 amide bonds. The SMILES string of the molecule is Fc1c(CNC2CC2)ccnc1N1CCN(Cc2ccccc2)CC1. The number of hydrogen-bond donors (Lipinski definition) is 1. The first kappa shape index (κ1) is 16.5. The summed E-state index contributed by atoms with van der Waals surface area (Å²) in [5, 5.41) is 3.38. The first-order valence-corrected chi connectivity index (χ1v) is 9.17. The van der Waals surface area contributed by atoms with Crippen LogP contribution in [0.1, 0.15) is 24.0 Å². The predicted octanol–water partition coefficient (Wildman–Crippen LogP) is 2.79. The normalized spacial score (nSPS) is 18.5. The number of nitrogens with zero attached hydrogens (tertiary/aromatic N) is 3. The van der Waals surface area contributed by atoms with E-state index in [1.165, 1.54) is 18.4 Å². The van der Waals surface area contributed by atoms with Gasteiger partial charge in [-0.3, -0.25) is 4.90 Å². The average molecular weight is 340 g/mol. The summed E-state index contributed by atoms with van der Waals surface area (Å²) < 4.78 is 14.8. The van der Waals surface area contributed by atoms with Crippen LogP contribution in [-0.2, 0) is 13.1 Å². The number of hydrogen-bond acceptors (Lipinski definition) is 4. The molecule has 1 aromatic heterocycles. The van der Waals surface area contributed by atoms with Crippen LogP contribution >= 0.6 is 0 Å². The van der Waals surface area contributed by atoms with E-state index in [2.05, 4.69) is 44.4 Å². The second-order valence-electron chi connectivity index (χ2n) is 7.01. The Bertz CT molecular complexity index is 694. The summed E-state index contributed by atoms with van der Waals surface area (Å²) in [5.41, 5.74) is 2.05. The smallest absolute Gasteiger partial charge is 0.170 e. The topological polar surface area (TPSA) is 31.4 Å². The van der Waals surface area contributed by atoms with Gasteiger partial charge in [0.15, 0.2) is 11.6 Å². The molecule has 0 atom stereocenters. The quantitative estimate of drug-likeness (QED) is 0.876. The fraction of sp³-hybridized carbons (Fsp3) is 0.450. The van der Waals surface area contributed by atoms with Crippen molar-refractivity contribution in [3.05, 3.63) is 59.5 Å². The molecule has 0 unspecified atom stereocenters. The number of piperazine rings is 1. The Morgan fingerprint density at radius 2 is 1.80 bits per heavy atom. The van der Waals surface area contributed by atoms with Crippen molar-refractivity contribution in [2.75, 3.05) is 31.1 Å². The lowest BCUT2D eigenvalue weighted by molar-refractivity contribution is 0.248. The van der Waals surface area contributed by atoms with E-state index in [0.29, 0.717) is 18.4 Å². The van der Waals surface area contributed by atoms with Crippen molar-refractivity contribution < 1.29 is 4.39 Å². The largest absolute Gasteiger partial charge is 0.352 e. The molecule has 0 bridgehead atoms. The molecule has 2 aliphatic rings. The Hall–Kier alpha value is -1.98. The maximum Gasteiger partial charge on any atom is 0.170 e. The van der Waals surface area contributed by atoms with Crippen LogP contribution in [0.2, 0.25) is 0 Å². The second-order valence-corrected chi connectivity index (χ2v) is 7.01. The maximum atomic E-state index is 14.8. The highest BCUT2D eigenvalue weighted by molar-refractivity contribution is 5.43. The minimum Gasteiger partial charge on any atom is -0.352 e. The minimum absolute atomic E-state index is 0.160. The molecule has 25 heavy (non-hydrogen) atoms. The summed E-state index contributed by atoms with van der Waals surface area (Å²) in [6, 6.07) is 12.9. The molecule has 4 rings (SSSR count). The van der Waals surface area contributed by atoms with Crippen LogP contribution in [-0.4, -0.2) is 42.1 Å². The summed E-state index contributed by atoms with van der Waals surface area (Å²) in [7, 11) is 0. The Kier molecular flexibility index (Phi) is 4.95. The molecule has 1 aromatic carbocycles. The zero-order valence-electron chi connectivity index (χ0n) is 14.5. The van der Waals surface area contributed by atoms with Gasteiger partial charge in [-0.2, -0.15) is 0 Å². The van der Waals surface area contributed by atoms with Gasteiger partial charge >= 0.3 is 0 Å². The van der Waals surface area contributed by atoms with E-state index in [-0.39, 0.29) is 5.82 Å². The van der Waals surface area contributed by atoms with Crippen molar-refractivity contribution in [1.29, 1.82) is 0 Å². The predicted molar refractivity (Wildman–Crippen MR) is 98.0 cm³/mol. The lowest BCUT2D eigenvalue weighted by Gasteiger charge is -2.35. The van der Waals surface area contributed by atoms with E-state index in [1.807, 2.05) is 6.07 Å². The first-order valence-electron chi connectivity index (χ1n) is 9.17. The van der Waals surface area contributed by atoms with Crippen LogP contribution in [0.25, 0.3) is 0 Å². The lowest BCUT2D eigenvalue weighted by Crippen LogP contribution is -2.46. The molecule has 2 heterocycles. The monoisotopic (exact) mass is 340 g/mol. The fourth-order valence-electron chi connectivity index (χ4n) is 3.33. The van der Waals surface area contributed by atoms with Gasteiger partial charge in [0.2, 0.25) is 0 Å². The third kappa shape index (κ3) is 4.17. The average Bonchev–Trinajstić information content (AvgIpc) is 3.47. The second kappa shape index (κ2) is 7.50. The molecule has 0 radical (unpaired) electrons. The molecule has 2 fully saturated rings. The summed E-state index contributed by atoms with van der Waals surface area (Å²) in [4.78, 5) is 8.82. The highest BCUT2D eigenvalue weighted by Crippen LogP contribution is 2.23. The van der Waals surface area contributed by atoms with Crippen LogP contribution in [0.15, 0.2) is 42.6 Å². The first-order chi connectivity index (χ1) is 12.3. The number of rotatable bonds is 6. The van der Waals surface area contributed by atoms with Gasteiger partial charge < -0.3 is 10.2 Å². The van der Waals surface area contributed by atoms with Gasteiger partial charge in [0, 0.05) is 57.1 Å². The number of halogens is 1. The molecule has 2 aromatic rings. The van der Waals surface area contributed by atoms with E-state index in [0.717, 1.165) is 38.3 Å². The Balaban J connectivity index is 1.36. The van der Waals surface area contributed by atoms with Gasteiger partial charge in [-0.25, -0.2) is 9.37 Å². The Morgan fingerprint density at radius 1 is 1.04 bits per heavy atom. The van der Waals surface area contributed by atoms with Crippen LogP contribution in [0, 0.1) is 5.82 Å². The standard InChI is InChI=1S/C20H25FN4/c21-19-17(14-23-18-6-7-18)8-9-22-20(19)25-12-10-24(11-13-25)15-16-4-2-1-3-5-16/h1-5,8-9,18,23H,6-7,10-15H2. The maximum absolute atomic E-state index is 14.8. The van der Waals surface area contributed by atoms with E-state index in [4.69, 9.17) is 0 Å². The molecule has 1 N–H and O–H groups in total. The van der Waals surface area contributed by atoms with Crippen LogP contribution in [0.3, 0.4) is 0 Å². The molecule has 4 nitrogen and oxygen atoms in total. The van der Waals surface area contributed by atoms with E-state index >= 15 is 0 Å². The Labute approximate surface area is 148 Å². The van der Waals surface area contributed by atoms with Crippen molar-refractivity contribution in [2.45, 2.75) is 32.0 Å². The molecule has 1 saturated carbocycles. The zero-order chi connectivity index (χ0) is 17.1. The van der Waals surface area contributed by atoms with Gasteiger partial charge in [-0.15, -0.1) is 0 Å². The highest BCUT2D eigenvalue weighted by atomic mass is 19.1. The summed E-state index contributed by atoms with van der Waals surface area (Å²) >= 11 is 0. The van der Waals surface area contributed by atoms with Crippen molar-refractivity contribution in [3.8, 4) is 0 Å². The minimum atomic E-state index is -0.160. The number of aromatic nitrogens is 1.